The van der Waals surface area contributed by atoms with Crippen LogP contribution >= 0.6 is 0 Å². The highest BCUT2D eigenvalue weighted by atomic mass is 16.5. The molecule has 5 heteroatoms. The molecule has 5 nitrogen and oxygen atoms in total. The van der Waals surface area contributed by atoms with Gasteiger partial charge in [-0.2, -0.15) is 0 Å². The Kier molecular flexibility index (Phi) is 7.64. The quantitative estimate of drug-likeness (QED) is 0.463. The van der Waals surface area contributed by atoms with Crippen LogP contribution in [0.2, 0.25) is 0 Å². The van der Waals surface area contributed by atoms with E-state index in [0.29, 0.717) is 19.7 Å². The molecule has 1 rings (SSSR count). The first kappa shape index (κ1) is 15.1. The fourth-order valence-corrected chi connectivity index (χ4v) is 1.91. The average Bonchev–Trinajstić information content (AvgIpc) is 2.38. The molecule has 0 atom stereocenters. The molecule has 0 aromatic carbocycles. The van der Waals surface area contributed by atoms with E-state index in [2.05, 4.69) is 16.4 Å². The molecule has 1 aliphatic rings. The Morgan fingerprint density at radius 3 is 2.83 bits per heavy atom. The van der Waals surface area contributed by atoms with Crippen molar-refractivity contribution in [1.29, 1.82) is 0 Å². The summed E-state index contributed by atoms with van der Waals surface area (Å²) < 4.78 is 10.3. The van der Waals surface area contributed by atoms with E-state index in [1.165, 1.54) is 0 Å². The minimum atomic E-state index is -0.165. The van der Waals surface area contributed by atoms with Crippen LogP contribution < -0.4 is 0 Å². The topological polar surface area (TPSA) is 42.0 Å². The molecule has 0 radical (unpaired) electrons. The van der Waals surface area contributed by atoms with E-state index >= 15 is 0 Å². The second kappa shape index (κ2) is 9.08. The Labute approximate surface area is 109 Å². The summed E-state index contributed by atoms with van der Waals surface area (Å²) in [5.74, 6) is -0.165. The largest absolute Gasteiger partial charge is 0.465 e. The van der Waals surface area contributed by atoms with Crippen LogP contribution in [0.3, 0.4) is 0 Å². The van der Waals surface area contributed by atoms with Crippen LogP contribution in [0.25, 0.3) is 0 Å². The van der Waals surface area contributed by atoms with Gasteiger partial charge in [0.25, 0.3) is 0 Å². The van der Waals surface area contributed by atoms with E-state index < -0.39 is 0 Å². The van der Waals surface area contributed by atoms with Crippen molar-refractivity contribution in [2.24, 2.45) is 0 Å². The Balaban J connectivity index is 2.27. The van der Waals surface area contributed by atoms with Gasteiger partial charge in [-0.3, -0.25) is 14.6 Å². The smallest absolute Gasteiger partial charge is 0.320 e. The van der Waals surface area contributed by atoms with E-state index in [9.17, 15) is 4.79 Å². The Morgan fingerprint density at radius 1 is 1.50 bits per heavy atom. The normalized spacial score (nSPS) is 16.8. The lowest BCUT2D eigenvalue weighted by Gasteiger charge is -2.29. The van der Waals surface area contributed by atoms with Crippen LogP contribution in [0.1, 0.15) is 6.92 Å². The maximum atomic E-state index is 11.4. The van der Waals surface area contributed by atoms with Crippen molar-refractivity contribution in [3.63, 3.8) is 0 Å². The number of hydrogen-bond acceptors (Lipinski definition) is 5. The lowest BCUT2D eigenvalue weighted by molar-refractivity contribution is -0.144. The lowest BCUT2D eigenvalue weighted by atomic mass is 10.3. The van der Waals surface area contributed by atoms with Crippen molar-refractivity contribution in [2.45, 2.75) is 6.92 Å². The van der Waals surface area contributed by atoms with Gasteiger partial charge in [0.05, 0.1) is 26.4 Å². The number of rotatable bonds is 8. The van der Waals surface area contributed by atoms with E-state index in [0.717, 1.165) is 39.4 Å². The van der Waals surface area contributed by atoms with E-state index in [-0.39, 0.29) is 5.97 Å². The summed E-state index contributed by atoms with van der Waals surface area (Å²) in [4.78, 5) is 15.9. The van der Waals surface area contributed by atoms with Gasteiger partial charge in [0.15, 0.2) is 0 Å². The average molecular weight is 256 g/mol. The van der Waals surface area contributed by atoms with Crippen LogP contribution in [0, 0.1) is 0 Å². The maximum Gasteiger partial charge on any atom is 0.320 e. The highest BCUT2D eigenvalue weighted by Crippen LogP contribution is 1.98. The molecule has 0 unspecified atom stereocenters. The molecular weight excluding hydrogens is 232 g/mol. The van der Waals surface area contributed by atoms with E-state index in [1.807, 2.05) is 13.0 Å². The van der Waals surface area contributed by atoms with E-state index in [1.54, 1.807) is 0 Å². The summed E-state index contributed by atoms with van der Waals surface area (Å²) in [6, 6.07) is 0. The van der Waals surface area contributed by atoms with Gasteiger partial charge in [-0.1, -0.05) is 6.08 Å². The molecule has 0 saturated carbocycles. The summed E-state index contributed by atoms with van der Waals surface area (Å²) >= 11 is 0. The third-order valence-electron chi connectivity index (χ3n) is 2.88. The van der Waals surface area contributed by atoms with Gasteiger partial charge in [0.1, 0.15) is 0 Å². The molecule has 0 aliphatic carbocycles. The number of carbonyl (C=O) groups is 1. The molecule has 18 heavy (non-hydrogen) atoms. The summed E-state index contributed by atoms with van der Waals surface area (Å²) in [6.45, 7) is 12.4. The first-order chi connectivity index (χ1) is 8.76. The number of nitrogens with zero attached hydrogens (tertiary/aromatic N) is 2. The second-order valence-electron chi connectivity index (χ2n) is 4.28. The van der Waals surface area contributed by atoms with Gasteiger partial charge in [-0.15, -0.1) is 6.58 Å². The molecule has 1 aliphatic heterocycles. The highest BCUT2D eigenvalue weighted by molar-refractivity contribution is 5.71. The molecular formula is C13H24N2O3. The van der Waals surface area contributed by atoms with Gasteiger partial charge in [0.2, 0.25) is 0 Å². The van der Waals surface area contributed by atoms with Crippen LogP contribution in [-0.2, 0) is 14.3 Å². The van der Waals surface area contributed by atoms with Gasteiger partial charge in [-0.05, 0) is 6.92 Å². The summed E-state index contributed by atoms with van der Waals surface area (Å²) in [5, 5.41) is 0. The number of hydrogen-bond donors (Lipinski definition) is 0. The fourth-order valence-electron chi connectivity index (χ4n) is 1.91. The molecule has 1 heterocycles. The summed E-state index contributed by atoms with van der Waals surface area (Å²) in [5.41, 5.74) is 0. The van der Waals surface area contributed by atoms with Gasteiger partial charge >= 0.3 is 5.97 Å². The van der Waals surface area contributed by atoms with Gasteiger partial charge in [-0.25, -0.2) is 0 Å². The van der Waals surface area contributed by atoms with Gasteiger partial charge in [0, 0.05) is 32.7 Å². The monoisotopic (exact) mass is 256 g/mol. The summed E-state index contributed by atoms with van der Waals surface area (Å²) in [6.07, 6.45) is 1.82. The predicted octanol–water partition coefficient (Wildman–Crippen LogP) is 0.370. The number of carbonyl (C=O) groups excluding carboxylic acids is 1. The van der Waals surface area contributed by atoms with Crippen molar-refractivity contribution in [3.05, 3.63) is 12.7 Å². The second-order valence-corrected chi connectivity index (χ2v) is 4.28. The fraction of sp³-hybridized carbons (Fsp3) is 0.769. The molecule has 104 valence electrons. The molecule has 0 aromatic heterocycles. The molecule has 0 aromatic rings. The van der Waals surface area contributed by atoms with E-state index in [4.69, 9.17) is 9.47 Å². The number of morpholine rings is 1. The molecule has 0 bridgehead atoms. The molecule has 1 fully saturated rings. The van der Waals surface area contributed by atoms with Crippen LogP contribution in [0.5, 0.6) is 0 Å². The highest BCUT2D eigenvalue weighted by Gasteiger charge is 2.14. The maximum absolute atomic E-state index is 11.4. The Hall–Kier alpha value is -0.910. The van der Waals surface area contributed by atoms with Gasteiger partial charge < -0.3 is 9.47 Å². The van der Waals surface area contributed by atoms with Crippen molar-refractivity contribution in [1.82, 2.24) is 9.80 Å². The number of esters is 1. The molecule has 1 saturated heterocycles. The van der Waals surface area contributed by atoms with Crippen molar-refractivity contribution in [2.75, 3.05) is 59.1 Å². The van der Waals surface area contributed by atoms with Crippen LogP contribution in [0.4, 0.5) is 0 Å². The zero-order chi connectivity index (χ0) is 13.2. The standard InChI is InChI=1S/C13H24N2O3/c1-3-5-15(12-13(16)18-4-2)7-6-14-8-10-17-11-9-14/h3H,1,4-12H2,2H3. The number of ether oxygens (including phenoxy) is 2. The van der Waals surface area contributed by atoms with Crippen LogP contribution in [-0.4, -0.2) is 74.9 Å². The minimum Gasteiger partial charge on any atom is -0.465 e. The Morgan fingerprint density at radius 2 is 2.22 bits per heavy atom. The first-order valence-corrected chi connectivity index (χ1v) is 6.55. The zero-order valence-corrected chi connectivity index (χ0v) is 11.3. The minimum absolute atomic E-state index is 0.165. The SMILES string of the molecule is C=CCN(CCN1CCOCC1)CC(=O)OCC. The lowest BCUT2D eigenvalue weighted by Crippen LogP contribution is -2.42. The third kappa shape index (κ3) is 6.14. The molecule has 0 spiro atoms. The van der Waals surface area contributed by atoms with Crippen molar-refractivity contribution < 1.29 is 14.3 Å². The zero-order valence-electron chi connectivity index (χ0n) is 11.3. The summed E-state index contributed by atoms with van der Waals surface area (Å²) in [7, 11) is 0. The predicted molar refractivity (Wildman–Crippen MR) is 70.5 cm³/mol. The first-order valence-electron chi connectivity index (χ1n) is 6.55. The van der Waals surface area contributed by atoms with Crippen LogP contribution in [0.15, 0.2) is 12.7 Å². The Bertz CT molecular complexity index is 253. The van der Waals surface area contributed by atoms with Crippen molar-refractivity contribution >= 4 is 5.97 Å². The molecule has 0 N–H and O–H groups in total. The van der Waals surface area contributed by atoms with Crippen molar-refractivity contribution in [3.8, 4) is 0 Å². The molecule has 0 amide bonds. The third-order valence-corrected chi connectivity index (χ3v) is 2.88.